The van der Waals surface area contributed by atoms with E-state index in [0.717, 1.165) is 6.42 Å². The third-order valence-electron chi connectivity index (χ3n) is 19.8. The molecule has 15 aromatic carbocycles. The SMILES string of the molecule is CC(C)(C)c1ccc(-n2c3ccccc3c3c4c5ccccc5c(-c5ccc(-c6ccc(C7=CC(n8c9ccccc9c9c%10c%11ccccc%11c(-c%11ccccc%11)cc%10c%10ccccc%10c98)=CC(c8ccccc8)C7)cc6)cc5)cc4c4ccccc4c32)cc1. The number of para-hydroxylation sites is 2. The minimum Gasteiger partial charge on any atom is -0.309 e. The summed E-state index contributed by atoms with van der Waals surface area (Å²) >= 11 is 0. The van der Waals surface area contributed by atoms with Crippen molar-refractivity contribution in [1.29, 1.82) is 0 Å². The molecule has 1 atom stereocenters. The topological polar surface area (TPSA) is 9.86 Å². The molecule has 17 aromatic rings. The van der Waals surface area contributed by atoms with Crippen molar-refractivity contribution in [1.82, 2.24) is 9.13 Å². The Morgan fingerprint density at radius 2 is 0.711 bits per heavy atom. The van der Waals surface area contributed by atoms with Gasteiger partial charge in [-0.15, -0.1) is 0 Å². The lowest BCUT2D eigenvalue weighted by atomic mass is 9.84. The predicted octanol–water partition coefficient (Wildman–Crippen LogP) is 24.2. The van der Waals surface area contributed by atoms with Gasteiger partial charge in [-0.2, -0.15) is 0 Å². The Labute approximate surface area is 523 Å². The van der Waals surface area contributed by atoms with E-state index in [1.54, 1.807) is 0 Å². The monoisotopic (exact) mass is 1150 g/mol. The van der Waals surface area contributed by atoms with Gasteiger partial charge in [0, 0.05) is 60.4 Å². The molecular formula is C88H62N2. The third kappa shape index (κ3) is 8.04. The summed E-state index contributed by atoms with van der Waals surface area (Å²) in [4.78, 5) is 0. The Balaban J connectivity index is 0.754. The first-order valence-corrected chi connectivity index (χ1v) is 31.7. The molecule has 0 bridgehead atoms. The van der Waals surface area contributed by atoms with E-state index in [2.05, 4.69) is 333 Å². The van der Waals surface area contributed by atoms with Crippen molar-refractivity contribution in [2.24, 2.45) is 0 Å². The lowest BCUT2D eigenvalue weighted by Crippen LogP contribution is -2.10. The van der Waals surface area contributed by atoms with Crippen molar-refractivity contribution in [3.8, 4) is 39.1 Å². The van der Waals surface area contributed by atoms with Crippen molar-refractivity contribution in [2.45, 2.75) is 38.5 Å². The van der Waals surface area contributed by atoms with Gasteiger partial charge in [-0.05, 0) is 153 Å². The van der Waals surface area contributed by atoms with E-state index in [-0.39, 0.29) is 11.3 Å². The van der Waals surface area contributed by atoms with Gasteiger partial charge in [0.15, 0.2) is 0 Å². The van der Waals surface area contributed by atoms with Crippen LogP contribution in [0.3, 0.4) is 0 Å². The highest BCUT2D eigenvalue weighted by atomic mass is 15.0. The minimum absolute atomic E-state index is 0.0634. The molecule has 0 aliphatic heterocycles. The Morgan fingerprint density at radius 1 is 0.311 bits per heavy atom. The summed E-state index contributed by atoms with van der Waals surface area (Å²) < 4.78 is 5.10. The van der Waals surface area contributed by atoms with Crippen LogP contribution in [0.25, 0.3) is 159 Å². The van der Waals surface area contributed by atoms with Gasteiger partial charge in [0.1, 0.15) is 0 Å². The molecule has 18 rings (SSSR count). The van der Waals surface area contributed by atoms with E-state index in [1.807, 2.05) is 0 Å². The quantitative estimate of drug-likeness (QED) is 0.141. The molecule has 1 unspecified atom stereocenters. The van der Waals surface area contributed by atoms with Crippen LogP contribution >= 0.6 is 0 Å². The number of aromatic nitrogens is 2. The summed E-state index contributed by atoms with van der Waals surface area (Å²) in [5.74, 6) is 0.165. The zero-order valence-electron chi connectivity index (χ0n) is 50.5. The number of hydrogen-bond donors (Lipinski definition) is 0. The highest BCUT2D eigenvalue weighted by Crippen LogP contribution is 2.51. The molecule has 2 heterocycles. The molecule has 424 valence electrons. The van der Waals surface area contributed by atoms with Crippen LogP contribution in [0.1, 0.15) is 49.8 Å². The molecule has 0 saturated carbocycles. The van der Waals surface area contributed by atoms with Crippen LogP contribution in [0.2, 0.25) is 0 Å². The van der Waals surface area contributed by atoms with Gasteiger partial charge in [0.05, 0.1) is 22.1 Å². The van der Waals surface area contributed by atoms with Crippen LogP contribution in [0.4, 0.5) is 0 Å². The zero-order valence-corrected chi connectivity index (χ0v) is 50.5. The Bertz CT molecular complexity index is 5850. The van der Waals surface area contributed by atoms with E-state index in [9.17, 15) is 0 Å². The van der Waals surface area contributed by atoms with Crippen LogP contribution < -0.4 is 0 Å². The predicted molar refractivity (Wildman–Crippen MR) is 386 cm³/mol. The normalized spacial score (nSPS) is 13.9. The van der Waals surface area contributed by atoms with Crippen molar-refractivity contribution < 1.29 is 0 Å². The molecule has 90 heavy (non-hydrogen) atoms. The average molecular weight is 1150 g/mol. The van der Waals surface area contributed by atoms with Gasteiger partial charge in [-0.3, -0.25) is 0 Å². The molecule has 0 N–H and O–H groups in total. The van der Waals surface area contributed by atoms with Crippen molar-refractivity contribution in [3.05, 3.63) is 320 Å². The first-order valence-electron chi connectivity index (χ1n) is 31.7. The Kier molecular flexibility index (Phi) is 11.7. The van der Waals surface area contributed by atoms with E-state index in [4.69, 9.17) is 0 Å². The van der Waals surface area contributed by atoms with Crippen molar-refractivity contribution in [2.75, 3.05) is 0 Å². The van der Waals surface area contributed by atoms with Gasteiger partial charge in [-0.1, -0.05) is 282 Å². The Hall–Kier alpha value is -11.1. The minimum atomic E-state index is 0.0634. The fourth-order valence-corrected chi connectivity index (χ4v) is 15.6. The van der Waals surface area contributed by atoms with Gasteiger partial charge < -0.3 is 9.13 Å². The number of benzene rings is 15. The fraction of sp³-hybridized carbons (Fsp3) is 0.0682. The fourth-order valence-electron chi connectivity index (χ4n) is 15.6. The van der Waals surface area contributed by atoms with E-state index >= 15 is 0 Å². The number of fused-ring (bicyclic) bond motifs is 20. The van der Waals surface area contributed by atoms with E-state index in [1.165, 1.54) is 175 Å². The summed E-state index contributed by atoms with van der Waals surface area (Å²) in [7, 11) is 0. The molecular weight excluding hydrogens is 1080 g/mol. The number of nitrogens with zero attached hydrogens (tertiary/aromatic N) is 2. The maximum absolute atomic E-state index is 2.59. The van der Waals surface area contributed by atoms with E-state index in [0.29, 0.717) is 0 Å². The van der Waals surface area contributed by atoms with Crippen molar-refractivity contribution >= 4 is 120 Å². The van der Waals surface area contributed by atoms with Crippen LogP contribution in [-0.2, 0) is 5.41 Å². The first-order chi connectivity index (χ1) is 44.3. The van der Waals surface area contributed by atoms with Crippen LogP contribution in [-0.4, -0.2) is 9.13 Å². The largest absolute Gasteiger partial charge is 0.309 e. The summed E-state index contributed by atoms with van der Waals surface area (Å²) in [5.41, 5.74) is 19.9. The maximum Gasteiger partial charge on any atom is 0.0626 e. The second kappa shape index (κ2) is 20.3. The van der Waals surface area contributed by atoms with Gasteiger partial charge in [0.25, 0.3) is 0 Å². The highest BCUT2D eigenvalue weighted by Gasteiger charge is 2.27. The lowest BCUT2D eigenvalue weighted by molar-refractivity contribution is 0.590. The third-order valence-corrected chi connectivity index (χ3v) is 19.8. The molecule has 0 amide bonds. The zero-order chi connectivity index (χ0) is 59.8. The van der Waals surface area contributed by atoms with Gasteiger partial charge in [-0.25, -0.2) is 0 Å². The Morgan fingerprint density at radius 3 is 1.23 bits per heavy atom. The summed E-state index contributed by atoms with van der Waals surface area (Å²) in [6, 6.07) is 109. The van der Waals surface area contributed by atoms with Crippen LogP contribution in [0.5, 0.6) is 0 Å². The second-order valence-electron chi connectivity index (χ2n) is 25.8. The smallest absolute Gasteiger partial charge is 0.0626 e. The number of hydrogen-bond acceptors (Lipinski definition) is 0. The molecule has 0 saturated heterocycles. The molecule has 1 aliphatic rings. The second-order valence-corrected chi connectivity index (χ2v) is 25.8. The summed E-state index contributed by atoms with van der Waals surface area (Å²) in [6.07, 6.45) is 5.91. The van der Waals surface area contributed by atoms with E-state index < -0.39 is 0 Å². The molecule has 0 spiro atoms. The lowest BCUT2D eigenvalue weighted by Gasteiger charge is -2.25. The molecule has 1 aliphatic carbocycles. The highest BCUT2D eigenvalue weighted by molar-refractivity contribution is 6.40. The average Bonchev–Trinajstić information content (AvgIpc) is 1.48. The number of rotatable bonds is 7. The number of allylic oxidation sites excluding steroid dienone is 4. The van der Waals surface area contributed by atoms with Crippen LogP contribution in [0.15, 0.2) is 303 Å². The van der Waals surface area contributed by atoms with Crippen molar-refractivity contribution in [3.63, 3.8) is 0 Å². The molecule has 0 radical (unpaired) electrons. The molecule has 2 heteroatoms. The summed E-state index contributed by atoms with van der Waals surface area (Å²) in [6.45, 7) is 6.86. The maximum atomic E-state index is 2.59. The van der Waals surface area contributed by atoms with Gasteiger partial charge >= 0.3 is 0 Å². The first kappa shape index (κ1) is 52.1. The molecule has 0 fully saturated rings. The van der Waals surface area contributed by atoms with Gasteiger partial charge in [0.2, 0.25) is 0 Å². The van der Waals surface area contributed by atoms with Crippen LogP contribution in [0, 0.1) is 0 Å². The molecule has 2 aromatic heterocycles. The standard InChI is InChI=1S/C88H62N2/c1-88(2,3)63-46-48-64(49-47-63)89-80-36-20-18-34-74(80)84-82-71-31-15-11-27-67(71)77(54-79(82)68-28-12-16-32-72(68)86(84)89)60-44-42-57(43-45-60)56-38-40-58(41-39-56)62-50-61(55-22-6-4-7-23-55)51-65(52-62)90-81-37-21-19-35-75(81)85-83-70-30-14-10-26-66(70)76(59-24-8-5-9-25-59)53-78(83)69-29-13-17-33-73(69)87(85)90/h4-49,51-54,61H,50H2,1-3H3. The summed E-state index contributed by atoms with van der Waals surface area (Å²) in [5, 5.41) is 20.4. The molecule has 2 nitrogen and oxygen atoms in total.